The lowest BCUT2D eigenvalue weighted by atomic mass is 10.0. The molecular weight excluding hydrogens is 206 g/mol. The quantitative estimate of drug-likeness (QED) is 0.239. The van der Waals surface area contributed by atoms with Crippen molar-refractivity contribution in [3.05, 3.63) is 0 Å². The number of oxime groups is 1. The van der Waals surface area contributed by atoms with Crippen LogP contribution in [0, 0.1) is 0 Å². The number of rotatable bonds is 7. The summed E-state index contributed by atoms with van der Waals surface area (Å²) in [6.07, 6.45) is -5.40. The first-order valence-electron chi connectivity index (χ1n) is 4.53. The predicted molar refractivity (Wildman–Crippen MR) is 51.2 cm³/mol. The highest BCUT2D eigenvalue weighted by atomic mass is 16.6. The standard InChI is InChI=1S/C8H17NO6/c1-2-15-9-3-5(11)7(13)8(14)6(12)4-10/h3,5-8,10-14H,2,4H2,1H3/t5-,6+,7+,8+/m0/s1. The second-order valence-corrected chi connectivity index (χ2v) is 2.89. The Balaban J connectivity index is 4.12. The zero-order valence-electron chi connectivity index (χ0n) is 8.39. The largest absolute Gasteiger partial charge is 0.396 e. The molecule has 7 nitrogen and oxygen atoms in total. The van der Waals surface area contributed by atoms with Crippen molar-refractivity contribution in [1.82, 2.24) is 0 Å². The third kappa shape index (κ3) is 5.05. The third-order valence-electron chi connectivity index (χ3n) is 1.70. The molecule has 0 bridgehead atoms. The van der Waals surface area contributed by atoms with E-state index >= 15 is 0 Å². The van der Waals surface area contributed by atoms with Crippen molar-refractivity contribution in [2.24, 2.45) is 5.16 Å². The lowest BCUT2D eigenvalue weighted by Gasteiger charge is -2.23. The summed E-state index contributed by atoms with van der Waals surface area (Å²) in [5.41, 5.74) is 0. The fourth-order valence-corrected chi connectivity index (χ4v) is 0.806. The van der Waals surface area contributed by atoms with Crippen LogP contribution >= 0.6 is 0 Å². The number of aliphatic hydroxyl groups excluding tert-OH is 5. The topological polar surface area (TPSA) is 123 Å². The number of hydrogen-bond acceptors (Lipinski definition) is 7. The SMILES string of the molecule is CCON=C[C@H](O)[C@@H](O)[C@H](O)[C@H](O)CO. The van der Waals surface area contributed by atoms with Gasteiger partial charge in [-0.2, -0.15) is 0 Å². The maximum absolute atomic E-state index is 9.27. The summed E-state index contributed by atoms with van der Waals surface area (Å²) in [4.78, 5) is 4.53. The molecule has 0 unspecified atom stereocenters. The van der Waals surface area contributed by atoms with Crippen LogP contribution in [0.4, 0.5) is 0 Å². The molecule has 0 amide bonds. The molecule has 0 heterocycles. The first-order chi connectivity index (χ1) is 7.04. The van der Waals surface area contributed by atoms with Gasteiger partial charge < -0.3 is 30.4 Å². The summed E-state index contributed by atoms with van der Waals surface area (Å²) in [5, 5.41) is 48.4. The molecule has 0 radical (unpaired) electrons. The van der Waals surface area contributed by atoms with Crippen LogP contribution in [0.25, 0.3) is 0 Å². The zero-order valence-corrected chi connectivity index (χ0v) is 8.39. The summed E-state index contributed by atoms with van der Waals surface area (Å²) < 4.78 is 0. The summed E-state index contributed by atoms with van der Waals surface area (Å²) in [6, 6.07) is 0. The number of hydrogen-bond donors (Lipinski definition) is 5. The van der Waals surface area contributed by atoms with E-state index in [2.05, 4.69) is 9.99 Å². The van der Waals surface area contributed by atoms with Crippen LogP contribution < -0.4 is 0 Å². The van der Waals surface area contributed by atoms with Gasteiger partial charge in [-0.25, -0.2) is 0 Å². The average Bonchev–Trinajstić information content (AvgIpc) is 2.26. The molecule has 5 N–H and O–H groups in total. The predicted octanol–water partition coefficient (Wildman–Crippen LogP) is -2.56. The van der Waals surface area contributed by atoms with Crippen LogP contribution in [0.3, 0.4) is 0 Å². The normalized spacial score (nSPS) is 19.9. The van der Waals surface area contributed by atoms with Gasteiger partial charge in [0.2, 0.25) is 0 Å². The minimum Gasteiger partial charge on any atom is -0.396 e. The molecule has 0 spiro atoms. The molecule has 0 aromatic carbocycles. The summed E-state index contributed by atoms with van der Waals surface area (Å²) in [5.74, 6) is 0. The number of nitrogens with zero attached hydrogens (tertiary/aromatic N) is 1. The second-order valence-electron chi connectivity index (χ2n) is 2.89. The van der Waals surface area contributed by atoms with Crippen LogP contribution in [0.5, 0.6) is 0 Å². The molecule has 15 heavy (non-hydrogen) atoms. The average molecular weight is 223 g/mol. The Labute approximate surface area is 87.2 Å². The van der Waals surface area contributed by atoms with E-state index < -0.39 is 31.0 Å². The molecular formula is C8H17NO6. The lowest BCUT2D eigenvalue weighted by molar-refractivity contribution is -0.100. The minimum absolute atomic E-state index is 0.307. The lowest BCUT2D eigenvalue weighted by Crippen LogP contribution is -2.46. The Morgan fingerprint density at radius 1 is 1.20 bits per heavy atom. The maximum atomic E-state index is 9.27. The van der Waals surface area contributed by atoms with Crippen LogP contribution in [0.15, 0.2) is 5.16 Å². The monoisotopic (exact) mass is 223 g/mol. The van der Waals surface area contributed by atoms with E-state index in [4.69, 9.17) is 10.2 Å². The number of aliphatic hydroxyl groups is 5. The van der Waals surface area contributed by atoms with E-state index in [0.29, 0.717) is 6.61 Å². The van der Waals surface area contributed by atoms with Crippen molar-refractivity contribution in [3.63, 3.8) is 0 Å². The molecule has 0 saturated carbocycles. The summed E-state index contributed by atoms with van der Waals surface area (Å²) in [7, 11) is 0. The molecule has 0 aliphatic rings. The molecule has 0 saturated heterocycles. The molecule has 0 aromatic heterocycles. The fourth-order valence-electron chi connectivity index (χ4n) is 0.806. The molecule has 0 aliphatic carbocycles. The van der Waals surface area contributed by atoms with Gasteiger partial charge in [0, 0.05) is 0 Å². The minimum atomic E-state index is -1.65. The Bertz CT molecular complexity index is 188. The Morgan fingerprint density at radius 2 is 1.80 bits per heavy atom. The highest BCUT2D eigenvalue weighted by Gasteiger charge is 2.29. The Hall–Kier alpha value is -0.730. The van der Waals surface area contributed by atoms with Crippen molar-refractivity contribution in [3.8, 4) is 0 Å². The van der Waals surface area contributed by atoms with Crippen molar-refractivity contribution < 1.29 is 30.4 Å². The van der Waals surface area contributed by atoms with Crippen LogP contribution in [0.2, 0.25) is 0 Å². The van der Waals surface area contributed by atoms with Crippen LogP contribution in [-0.2, 0) is 4.84 Å². The molecule has 4 atom stereocenters. The second kappa shape index (κ2) is 7.55. The van der Waals surface area contributed by atoms with Gasteiger partial charge in [0.1, 0.15) is 31.0 Å². The molecule has 7 heteroatoms. The zero-order chi connectivity index (χ0) is 11.8. The van der Waals surface area contributed by atoms with E-state index in [1.807, 2.05) is 0 Å². The van der Waals surface area contributed by atoms with Gasteiger partial charge in [-0.1, -0.05) is 5.16 Å². The van der Waals surface area contributed by atoms with Gasteiger partial charge in [-0.3, -0.25) is 0 Å². The van der Waals surface area contributed by atoms with Crippen molar-refractivity contribution >= 4 is 6.21 Å². The van der Waals surface area contributed by atoms with Gasteiger partial charge in [0.15, 0.2) is 0 Å². The van der Waals surface area contributed by atoms with Crippen molar-refractivity contribution in [1.29, 1.82) is 0 Å². The van der Waals surface area contributed by atoms with Crippen LogP contribution in [-0.4, -0.2) is 69.4 Å². The van der Waals surface area contributed by atoms with Crippen molar-refractivity contribution in [2.45, 2.75) is 31.3 Å². The van der Waals surface area contributed by atoms with Gasteiger partial charge in [-0.05, 0) is 6.92 Å². The molecule has 0 fully saturated rings. The summed E-state index contributed by atoms with van der Waals surface area (Å²) in [6.45, 7) is 1.28. The molecule has 90 valence electrons. The molecule has 0 aliphatic heterocycles. The maximum Gasteiger partial charge on any atom is 0.121 e. The molecule has 0 aromatic rings. The van der Waals surface area contributed by atoms with E-state index in [9.17, 15) is 15.3 Å². The van der Waals surface area contributed by atoms with E-state index in [-0.39, 0.29) is 0 Å². The van der Waals surface area contributed by atoms with E-state index in [1.165, 1.54) is 0 Å². The fraction of sp³-hybridized carbons (Fsp3) is 0.875. The third-order valence-corrected chi connectivity index (χ3v) is 1.70. The first kappa shape index (κ1) is 14.3. The van der Waals surface area contributed by atoms with Gasteiger partial charge in [0.05, 0.1) is 12.8 Å². The van der Waals surface area contributed by atoms with Gasteiger partial charge in [-0.15, -0.1) is 0 Å². The van der Waals surface area contributed by atoms with E-state index in [1.54, 1.807) is 6.92 Å². The summed E-state index contributed by atoms with van der Waals surface area (Å²) >= 11 is 0. The Morgan fingerprint density at radius 3 is 2.27 bits per heavy atom. The first-order valence-corrected chi connectivity index (χ1v) is 4.53. The van der Waals surface area contributed by atoms with Gasteiger partial charge in [0.25, 0.3) is 0 Å². The van der Waals surface area contributed by atoms with E-state index in [0.717, 1.165) is 6.21 Å². The van der Waals surface area contributed by atoms with Gasteiger partial charge >= 0.3 is 0 Å². The smallest absolute Gasteiger partial charge is 0.121 e. The molecule has 0 rings (SSSR count). The van der Waals surface area contributed by atoms with Crippen molar-refractivity contribution in [2.75, 3.05) is 13.2 Å². The highest BCUT2D eigenvalue weighted by molar-refractivity contribution is 5.62. The highest BCUT2D eigenvalue weighted by Crippen LogP contribution is 2.03. The Kier molecular flexibility index (Phi) is 7.18. The van der Waals surface area contributed by atoms with Crippen LogP contribution in [0.1, 0.15) is 6.92 Å².